The molecule has 1 unspecified atom stereocenters. The van der Waals surface area contributed by atoms with Gasteiger partial charge in [0.1, 0.15) is 11.6 Å². The number of carbonyl (C=O) groups is 1. The Labute approximate surface area is 203 Å². The van der Waals surface area contributed by atoms with Crippen molar-refractivity contribution in [3.63, 3.8) is 0 Å². The predicted octanol–water partition coefficient (Wildman–Crippen LogP) is 5.86. The summed E-state index contributed by atoms with van der Waals surface area (Å²) in [7, 11) is 1.36. The van der Waals surface area contributed by atoms with E-state index in [9.17, 15) is 18.0 Å². The second-order valence-electron chi connectivity index (χ2n) is 8.03. The third-order valence-corrected chi connectivity index (χ3v) is 5.79. The average Bonchev–Trinajstić information content (AvgIpc) is 3.33. The lowest BCUT2D eigenvalue weighted by molar-refractivity contribution is 0.244. The second kappa shape index (κ2) is 9.21. The molecule has 36 heavy (non-hydrogen) atoms. The number of urea groups is 1. The fourth-order valence-corrected chi connectivity index (χ4v) is 4.15. The lowest BCUT2D eigenvalue weighted by Gasteiger charge is -2.35. The van der Waals surface area contributed by atoms with Crippen molar-refractivity contribution >= 4 is 17.3 Å². The van der Waals surface area contributed by atoms with E-state index in [1.807, 2.05) is 30.3 Å². The number of halogens is 3. The van der Waals surface area contributed by atoms with Crippen molar-refractivity contribution in [1.29, 1.82) is 0 Å². The number of hydrogen-bond donors (Lipinski definition) is 1. The van der Waals surface area contributed by atoms with Crippen LogP contribution < -0.4 is 15.0 Å². The summed E-state index contributed by atoms with van der Waals surface area (Å²) in [6, 6.07) is 14.8. The van der Waals surface area contributed by atoms with Gasteiger partial charge in [-0.3, -0.25) is 4.90 Å². The first-order valence-corrected chi connectivity index (χ1v) is 10.9. The van der Waals surface area contributed by atoms with Gasteiger partial charge in [0.2, 0.25) is 5.82 Å². The fourth-order valence-electron chi connectivity index (χ4n) is 4.15. The van der Waals surface area contributed by atoms with Gasteiger partial charge >= 0.3 is 6.03 Å². The molecule has 2 amide bonds. The highest BCUT2D eigenvalue weighted by Gasteiger charge is 2.36. The number of hydrogen-bond acceptors (Lipinski definition) is 5. The first-order chi connectivity index (χ1) is 17.4. The Balaban J connectivity index is 1.65. The zero-order valence-electron chi connectivity index (χ0n) is 19.1. The van der Waals surface area contributed by atoms with Gasteiger partial charge in [0.05, 0.1) is 24.4 Å². The standard InChI is InChI=1S/C26H19F3N4O3/c1-14-22(25-31-24(32-36-25)16-8-9-21(35-2)20(29)10-16)23(15-6-4-3-5-7-15)30-26(34)33(14)19-12-17(27)11-18(28)13-19/h3-13,23H,1-2H3,(H,30,34). The molecule has 2 heterocycles. The molecule has 7 nitrogen and oxygen atoms in total. The molecule has 182 valence electrons. The summed E-state index contributed by atoms with van der Waals surface area (Å²) in [5, 5.41) is 6.84. The van der Waals surface area contributed by atoms with Crippen LogP contribution in [0.15, 0.2) is 77.0 Å². The van der Waals surface area contributed by atoms with Gasteiger partial charge in [0, 0.05) is 17.3 Å². The Morgan fingerprint density at radius 1 is 1.00 bits per heavy atom. The predicted molar refractivity (Wildman–Crippen MR) is 125 cm³/mol. The topological polar surface area (TPSA) is 80.5 Å². The number of nitrogens with zero attached hydrogens (tertiary/aromatic N) is 3. The lowest BCUT2D eigenvalue weighted by atomic mass is 9.94. The molecule has 5 rings (SSSR count). The maximum absolute atomic E-state index is 14.3. The monoisotopic (exact) mass is 492 g/mol. The van der Waals surface area contributed by atoms with E-state index in [2.05, 4.69) is 15.5 Å². The first-order valence-electron chi connectivity index (χ1n) is 10.9. The number of benzene rings is 3. The molecule has 0 aliphatic carbocycles. The number of allylic oxidation sites excluding steroid dienone is 1. The van der Waals surface area contributed by atoms with Crippen LogP contribution in [0.2, 0.25) is 0 Å². The van der Waals surface area contributed by atoms with Crippen LogP contribution in [0.1, 0.15) is 24.4 Å². The van der Waals surface area contributed by atoms with Gasteiger partial charge in [-0.15, -0.1) is 0 Å². The van der Waals surface area contributed by atoms with Crippen molar-refractivity contribution in [3.8, 4) is 17.1 Å². The maximum Gasteiger partial charge on any atom is 0.327 e. The van der Waals surface area contributed by atoms with E-state index in [0.717, 1.165) is 28.7 Å². The van der Waals surface area contributed by atoms with E-state index in [1.54, 1.807) is 13.0 Å². The van der Waals surface area contributed by atoms with Crippen LogP contribution in [0, 0.1) is 17.5 Å². The third kappa shape index (κ3) is 4.17. The smallest absolute Gasteiger partial charge is 0.327 e. The minimum atomic E-state index is -0.834. The first kappa shape index (κ1) is 23.2. The Morgan fingerprint density at radius 2 is 1.72 bits per heavy atom. The highest BCUT2D eigenvalue weighted by atomic mass is 19.1. The van der Waals surface area contributed by atoms with Crippen molar-refractivity contribution in [2.45, 2.75) is 13.0 Å². The molecule has 0 bridgehead atoms. The molecule has 1 atom stereocenters. The Kier molecular flexibility index (Phi) is 5.93. The molecular formula is C26H19F3N4O3. The summed E-state index contributed by atoms with van der Waals surface area (Å²) in [4.78, 5) is 18.7. The number of carbonyl (C=O) groups excluding carboxylic acids is 1. The van der Waals surface area contributed by atoms with Crippen LogP contribution in [0.5, 0.6) is 5.75 Å². The van der Waals surface area contributed by atoms with Crippen LogP contribution in [0.4, 0.5) is 23.7 Å². The van der Waals surface area contributed by atoms with Crippen LogP contribution in [0.25, 0.3) is 17.0 Å². The summed E-state index contributed by atoms with van der Waals surface area (Å²) in [6.45, 7) is 1.61. The molecular weight excluding hydrogens is 473 g/mol. The molecule has 0 fully saturated rings. The zero-order valence-corrected chi connectivity index (χ0v) is 19.1. The van der Waals surface area contributed by atoms with Gasteiger partial charge in [-0.25, -0.2) is 18.0 Å². The van der Waals surface area contributed by atoms with Gasteiger partial charge < -0.3 is 14.6 Å². The van der Waals surface area contributed by atoms with E-state index in [0.29, 0.717) is 16.8 Å². The van der Waals surface area contributed by atoms with Gasteiger partial charge in [-0.2, -0.15) is 4.98 Å². The summed E-state index contributed by atoms with van der Waals surface area (Å²) in [5.74, 6) is -2.03. The molecule has 1 N–H and O–H groups in total. The van der Waals surface area contributed by atoms with Gasteiger partial charge in [-0.1, -0.05) is 35.5 Å². The number of amides is 2. The van der Waals surface area contributed by atoms with Crippen molar-refractivity contribution < 1.29 is 27.2 Å². The number of anilines is 1. The highest BCUT2D eigenvalue weighted by molar-refractivity contribution is 6.01. The minimum Gasteiger partial charge on any atom is -0.494 e. The molecule has 1 aliphatic heterocycles. The van der Waals surface area contributed by atoms with E-state index < -0.39 is 29.5 Å². The highest BCUT2D eigenvalue weighted by Crippen LogP contribution is 2.39. The summed E-state index contributed by atoms with van der Waals surface area (Å²) < 4.78 is 52.7. The minimum absolute atomic E-state index is 0.0107. The van der Waals surface area contributed by atoms with Crippen LogP contribution in [-0.4, -0.2) is 23.3 Å². The third-order valence-electron chi connectivity index (χ3n) is 5.79. The number of nitrogens with one attached hydrogen (secondary N) is 1. The largest absolute Gasteiger partial charge is 0.494 e. The van der Waals surface area contributed by atoms with Crippen molar-refractivity contribution in [1.82, 2.24) is 15.5 Å². The van der Waals surface area contributed by atoms with E-state index in [-0.39, 0.29) is 23.2 Å². The molecule has 1 aliphatic rings. The number of ether oxygens (including phenoxy) is 1. The Hall–Kier alpha value is -4.60. The summed E-state index contributed by atoms with van der Waals surface area (Å²) in [5.41, 5.74) is 1.80. The fraction of sp³-hybridized carbons (Fsp3) is 0.115. The molecule has 1 aromatic heterocycles. The molecule has 0 saturated carbocycles. The molecule has 10 heteroatoms. The summed E-state index contributed by atoms with van der Waals surface area (Å²) >= 11 is 0. The van der Waals surface area contributed by atoms with Crippen molar-refractivity contribution in [3.05, 3.63) is 101 Å². The van der Waals surface area contributed by atoms with Crippen LogP contribution in [-0.2, 0) is 0 Å². The average molecular weight is 492 g/mol. The lowest BCUT2D eigenvalue weighted by Crippen LogP contribution is -2.46. The van der Waals surface area contributed by atoms with Crippen molar-refractivity contribution in [2.24, 2.45) is 0 Å². The maximum atomic E-state index is 14.3. The number of rotatable bonds is 5. The SMILES string of the molecule is COc1ccc(-c2noc(C3=C(C)N(c4cc(F)cc(F)c4)C(=O)NC3c3ccccc3)n2)cc1F. The van der Waals surface area contributed by atoms with E-state index >= 15 is 0 Å². The molecule has 0 saturated heterocycles. The molecule has 4 aromatic rings. The Morgan fingerprint density at radius 3 is 2.39 bits per heavy atom. The van der Waals surface area contributed by atoms with E-state index in [4.69, 9.17) is 9.26 Å². The normalized spacial score (nSPS) is 15.8. The molecule has 3 aromatic carbocycles. The summed E-state index contributed by atoms with van der Waals surface area (Å²) in [6.07, 6.45) is 0. The van der Waals surface area contributed by atoms with Gasteiger partial charge in [0.25, 0.3) is 5.89 Å². The quantitative estimate of drug-likeness (QED) is 0.377. The zero-order chi connectivity index (χ0) is 25.4. The second-order valence-corrected chi connectivity index (χ2v) is 8.03. The van der Waals surface area contributed by atoms with Gasteiger partial charge in [0.15, 0.2) is 11.6 Å². The number of methoxy groups -OCH3 is 1. The van der Waals surface area contributed by atoms with E-state index in [1.165, 1.54) is 19.2 Å². The molecule has 0 spiro atoms. The number of aromatic nitrogens is 2. The van der Waals surface area contributed by atoms with Gasteiger partial charge in [-0.05, 0) is 42.8 Å². The van der Waals surface area contributed by atoms with Crippen LogP contribution >= 0.6 is 0 Å². The molecule has 0 radical (unpaired) electrons. The Bertz CT molecular complexity index is 1470. The van der Waals surface area contributed by atoms with Crippen molar-refractivity contribution in [2.75, 3.05) is 12.0 Å². The van der Waals surface area contributed by atoms with Crippen LogP contribution in [0.3, 0.4) is 0 Å².